The molecule has 4 aromatic rings. The van der Waals surface area contributed by atoms with E-state index >= 15 is 0 Å². The maximum absolute atomic E-state index is 13.3. The van der Waals surface area contributed by atoms with Crippen LogP contribution in [-0.4, -0.2) is 114 Å². The third kappa shape index (κ3) is 14.5. The molecule has 5 N–H and O–H groups in total. The van der Waals surface area contributed by atoms with Crippen LogP contribution in [0.2, 0.25) is 0 Å². The summed E-state index contributed by atoms with van der Waals surface area (Å²) in [7, 11) is -11.0. The van der Waals surface area contributed by atoms with E-state index in [1.807, 2.05) is 13.8 Å². The quantitative estimate of drug-likeness (QED) is 0.113. The van der Waals surface area contributed by atoms with Gasteiger partial charge in [0.1, 0.15) is 0 Å². The van der Waals surface area contributed by atoms with Gasteiger partial charge in [0.2, 0.25) is 10.0 Å². The zero-order chi connectivity index (χ0) is 51.4. The van der Waals surface area contributed by atoms with Crippen LogP contribution in [-0.2, 0) is 59.1 Å². The van der Waals surface area contributed by atoms with Gasteiger partial charge < -0.3 is 25.5 Å². The molecule has 2 saturated heterocycles. The molecule has 0 spiro atoms. The topological polar surface area (TPSA) is 188 Å². The number of sulfonamides is 1. The number of nitrogens with zero attached hydrogens (tertiary/aromatic N) is 2. The van der Waals surface area contributed by atoms with Crippen molar-refractivity contribution in [3.63, 3.8) is 0 Å². The summed E-state index contributed by atoms with van der Waals surface area (Å²) in [4.78, 5) is 11.7. The van der Waals surface area contributed by atoms with Gasteiger partial charge >= 0.3 is 12.4 Å². The van der Waals surface area contributed by atoms with Crippen LogP contribution in [0.1, 0.15) is 113 Å². The minimum atomic E-state index is -4.35. The predicted octanol–water partition coefficient (Wildman–Crippen LogP) is 8.34. The molecule has 0 saturated carbocycles. The van der Waals surface area contributed by atoms with Crippen molar-refractivity contribution in [1.82, 2.24) is 24.5 Å². The van der Waals surface area contributed by atoms with Crippen molar-refractivity contribution in [2.75, 3.05) is 58.0 Å². The lowest BCUT2D eigenvalue weighted by Crippen LogP contribution is -2.49. The van der Waals surface area contributed by atoms with Crippen LogP contribution in [0.3, 0.4) is 0 Å². The van der Waals surface area contributed by atoms with Crippen LogP contribution < -0.4 is 10.5 Å². The molecule has 0 bridgehead atoms. The van der Waals surface area contributed by atoms with Gasteiger partial charge in [-0.05, 0) is 175 Å². The molecular weight excluding hydrogens is 971 g/mol. The number of halogens is 6. The van der Waals surface area contributed by atoms with Crippen molar-refractivity contribution >= 4 is 52.1 Å². The lowest BCUT2D eigenvalue weighted by atomic mass is 9.68. The summed E-state index contributed by atoms with van der Waals surface area (Å²) in [6.45, 7) is 17.9. The number of alkyl halides is 6. The smallest absolute Gasteiger partial charge is 0.358 e. The van der Waals surface area contributed by atoms with Gasteiger partial charge in [-0.3, -0.25) is 0 Å². The molecule has 6 atom stereocenters. The van der Waals surface area contributed by atoms with E-state index in [0.717, 1.165) is 116 Å². The maximum Gasteiger partial charge on any atom is 0.416 e. The predicted molar refractivity (Wildman–Crippen MR) is 257 cm³/mol. The number of benzene rings is 2. The zero-order valence-electron chi connectivity index (χ0n) is 40.7. The maximum atomic E-state index is 13.3. The molecule has 2 aliphatic heterocycles. The van der Waals surface area contributed by atoms with Gasteiger partial charge in [0, 0.05) is 57.4 Å². The first-order valence-corrected chi connectivity index (χ1v) is 28.8. The lowest BCUT2D eigenvalue weighted by Gasteiger charge is -2.45. The van der Waals surface area contributed by atoms with Crippen molar-refractivity contribution in [3.8, 4) is 0 Å². The number of fused-ring (bicyclic) bond motifs is 8. The number of hydrogen-bond acceptors (Lipinski definition) is 10. The second-order valence-electron chi connectivity index (χ2n) is 21.3. The molecule has 0 radical (unpaired) electrons. The highest BCUT2D eigenvalue weighted by molar-refractivity contribution is 7.99. The lowest BCUT2D eigenvalue weighted by molar-refractivity contribution is -0.138. The van der Waals surface area contributed by atoms with Gasteiger partial charge in [0.15, 0.2) is 0 Å². The van der Waals surface area contributed by atoms with Gasteiger partial charge in [0.05, 0.1) is 29.9 Å². The third-order valence-corrected chi connectivity index (χ3v) is 17.1. The van der Waals surface area contributed by atoms with Crippen molar-refractivity contribution < 1.29 is 55.2 Å². The number of rotatable bonds is 10. The zero-order valence-corrected chi connectivity index (χ0v) is 43.2. The van der Waals surface area contributed by atoms with Crippen molar-refractivity contribution in [2.45, 2.75) is 115 Å². The average molecular weight is 1040 g/mol. The molecule has 0 unspecified atom stereocenters. The fraction of sp³-hybridized carbons (Fsp3) is 0.660. The molecule has 69 heavy (non-hydrogen) atoms. The fourth-order valence-corrected chi connectivity index (χ4v) is 14.0. The molecule has 8 rings (SSSR count). The van der Waals surface area contributed by atoms with Gasteiger partial charge in [0.25, 0.3) is 20.2 Å². The number of nitrogens with one attached hydrogen (secondary N) is 3. The highest BCUT2D eigenvalue weighted by atomic mass is 32.3. The van der Waals surface area contributed by atoms with E-state index in [1.54, 1.807) is 12.1 Å². The number of H-pyrrole nitrogens is 2. The first-order valence-electron chi connectivity index (χ1n) is 23.2. The summed E-state index contributed by atoms with van der Waals surface area (Å²) in [5.74, 6) is 2.36. The van der Waals surface area contributed by atoms with E-state index in [-0.39, 0.29) is 17.4 Å². The second-order valence-corrected chi connectivity index (χ2v) is 26.4. The largest absolute Gasteiger partial charge is 0.416 e. The van der Waals surface area contributed by atoms with Gasteiger partial charge in [-0.25, -0.2) is 13.1 Å². The highest BCUT2D eigenvalue weighted by Gasteiger charge is 2.42. The average Bonchev–Trinajstić information content (AvgIpc) is 3.74. The fourth-order valence-electron chi connectivity index (χ4n) is 11.1. The summed E-state index contributed by atoms with van der Waals surface area (Å²) in [6, 6.07) is 8.09. The third-order valence-electron chi connectivity index (χ3n) is 14.2. The van der Waals surface area contributed by atoms with Crippen LogP contribution in [0.25, 0.3) is 21.8 Å². The standard InChI is InChI=1S/C23H32F3N3O2S.C22H30F3N3.C2H6O5S2/c1-14-18-13-29(10-8-22(2,3)28-32(4,30)31)9-7-15(18)11-20-21(14)17-12-16(23(24,25)26)5-6-19(17)27-20;1-13-17-12-28(9-7-21(2,3)26)8-6-14(17)10-19-20(13)16-11-15(22(23,24)25)4-5-18(16)27-19;1-8(3,4)7-9(2,5)6/h5-6,12,14-15,18,27-28H,7-11,13H2,1-4H3;4-5,11,13-14,17,27H,6-10,12,26H2,1-3H3;1-2H3/t14-,15-,18-;13-,14-,17-;/m11./s1. The Kier molecular flexibility index (Phi) is 16.0. The summed E-state index contributed by atoms with van der Waals surface area (Å²) >= 11 is 0. The van der Waals surface area contributed by atoms with E-state index in [2.05, 4.69) is 55.8 Å². The molecule has 0 amide bonds. The Morgan fingerprint density at radius 2 is 1.06 bits per heavy atom. The second kappa shape index (κ2) is 20.0. The number of likely N-dealkylation sites (tertiary alicyclic amines) is 2. The number of aromatic amines is 2. The van der Waals surface area contributed by atoms with E-state index in [1.165, 1.54) is 24.5 Å². The van der Waals surface area contributed by atoms with Gasteiger partial charge in [-0.1, -0.05) is 13.8 Å². The summed E-state index contributed by atoms with van der Waals surface area (Å²) in [5, 5.41) is 1.44. The van der Waals surface area contributed by atoms with E-state index < -0.39 is 59.3 Å². The molecule has 22 heteroatoms. The van der Waals surface area contributed by atoms with Gasteiger partial charge in [-0.2, -0.15) is 43.2 Å². The van der Waals surface area contributed by atoms with Crippen LogP contribution in [0.4, 0.5) is 26.3 Å². The number of piperidine rings is 2. The van der Waals surface area contributed by atoms with Gasteiger partial charge in [-0.15, -0.1) is 3.63 Å². The Labute approximate surface area is 403 Å². The summed E-state index contributed by atoms with van der Waals surface area (Å²) in [5.41, 5.74) is 10.2. The van der Waals surface area contributed by atoms with Crippen molar-refractivity contribution in [3.05, 3.63) is 70.0 Å². The van der Waals surface area contributed by atoms with E-state index in [9.17, 15) is 51.6 Å². The molecular formula is C47H68F6N6O7S3. The first kappa shape index (κ1) is 55.1. The number of aromatic nitrogens is 2. The van der Waals surface area contributed by atoms with Crippen molar-refractivity contribution in [1.29, 1.82) is 0 Å². The Bertz CT molecular complexity index is 2790. The van der Waals surface area contributed by atoms with E-state index in [0.29, 0.717) is 48.0 Å². The Hall–Kier alpha value is -3.25. The molecule has 4 aliphatic rings. The molecule has 2 aromatic carbocycles. The summed E-state index contributed by atoms with van der Waals surface area (Å²) in [6.07, 6.45) is -0.533. The minimum Gasteiger partial charge on any atom is -0.358 e. The summed E-state index contributed by atoms with van der Waals surface area (Å²) < 4.78 is 149. The number of hydrogen-bond donors (Lipinski definition) is 4. The Morgan fingerprint density at radius 3 is 1.39 bits per heavy atom. The van der Waals surface area contributed by atoms with Crippen LogP contribution >= 0.6 is 0 Å². The molecule has 2 aromatic heterocycles. The minimum absolute atomic E-state index is 0.158. The van der Waals surface area contributed by atoms with Crippen molar-refractivity contribution in [2.24, 2.45) is 29.4 Å². The number of nitrogens with two attached hydrogens (primary N) is 1. The molecule has 2 aliphatic carbocycles. The van der Waals surface area contributed by atoms with E-state index in [4.69, 9.17) is 5.73 Å². The molecule has 388 valence electrons. The Morgan fingerprint density at radius 1 is 0.667 bits per heavy atom. The SMILES string of the molecule is CS(=O)(=O)OS(C)(=O)=O.C[C@H]1c2c([nH]c3ccc(C(F)(F)F)cc23)C[C@H]2CCN(CCC(C)(C)N)C[C@@H]21.C[C@H]1c2c([nH]c3ccc(C(F)(F)F)cc23)C[C@H]2CCN(CCC(C)(C)NS(C)(=O)=O)C[C@@H]21. The van der Waals surface area contributed by atoms with Crippen LogP contribution in [0.5, 0.6) is 0 Å². The molecule has 13 nitrogen and oxygen atoms in total. The van der Waals surface area contributed by atoms with Crippen LogP contribution in [0.15, 0.2) is 36.4 Å². The highest BCUT2D eigenvalue weighted by Crippen LogP contribution is 2.49. The normalized spacial score (nSPS) is 24.1. The Balaban J connectivity index is 0.000000194. The molecule has 2 fully saturated rings. The van der Waals surface area contributed by atoms with Crippen LogP contribution in [0, 0.1) is 23.7 Å². The molecule has 4 heterocycles. The first-order chi connectivity index (χ1) is 31.5. The monoisotopic (exact) mass is 1040 g/mol.